The van der Waals surface area contributed by atoms with E-state index in [2.05, 4.69) is 17.5 Å². The zero-order chi connectivity index (χ0) is 14.6. The number of nitrogens with one attached hydrogen (secondary N) is 1. The van der Waals surface area contributed by atoms with Gasteiger partial charge in [0.15, 0.2) is 0 Å². The van der Waals surface area contributed by atoms with Gasteiger partial charge in [0.1, 0.15) is 0 Å². The number of rotatable bonds is 4. The molecule has 0 radical (unpaired) electrons. The molecular weight excluding hydrogens is 276 g/mol. The Morgan fingerprint density at radius 3 is 2.50 bits per heavy atom. The first-order valence-corrected chi connectivity index (χ1v) is 8.07. The van der Waals surface area contributed by atoms with E-state index in [1.165, 1.54) is 24.3 Å². The number of carbonyl (C=O) groups excluding carboxylic acids is 1. The van der Waals surface area contributed by atoms with E-state index in [9.17, 15) is 13.2 Å². The van der Waals surface area contributed by atoms with E-state index < -0.39 is 10.0 Å². The molecule has 0 bridgehead atoms. The zero-order valence-electron chi connectivity index (χ0n) is 11.1. The van der Waals surface area contributed by atoms with Gasteiger partial charge in [-0.05, 0) is 49.4 Å². The summed E-state index contributed by atoms with van der Waals surface area (Å²) in [6.45, 7) is 0.639. The van der Waals surface area contributed by atoms with Gasteiger partial charge in [-0.25, -0.2) is 13.6 Å². The summed E-state index contributed by atoms with van der Waals surface area (Å²) in [5.41, 5.74) is 0.434. The van der Waals surface area contributed by atoms with E-state index in [0.29, 0.717) is 18.0 Å². The van der Waals surface area contributed by atoms with Crippen molar-refractivity contribution in [1.82, 2.24) is 5.32 Å². The summed E-state index contributed by atoms with van der Waals surface area (Å²) in [5, 5.41) is 7.88. The number of primary sulfonamides is 1. The minimum absolute atomic E-state index is 0.00599. The van der Waals surface area contributed by atoms with Crippen LogP contribution in [0.15, 0.2) is 41.3 Å². The molecule has 2 rings (SSSR count). The number of amides is 1. The Bertz CT molecular complexity index is 606. The second-order valence-corrected chi connectivity index (χ2v) is 6.49. The summed E-state index contributed by atoms with van der Waals surface area (Å²) in [5.74, 6) is 0.285. The first kappa shape index (κ1) is 14.7. The summed E-state index contributed by atoms with van der Waals surface area (Å²) in [6.07, 6.45) is 7.43. The fraction of sp³-hybridized carbons (Fsp3) is 0.357. The lowest BCUT2D eigenvalue weighted by Gasteiger charge is -2.18. The molecule has 0 fully saturated rings. The molecular formula is C14H18N2O3S. The van der Waals surface area contributed by atoms with Crippen molar-refractivity contribution >= 4 is 15.9 Å². The molecule has 6 heteroatoms. The third-order valence-electron chi connectivity index (χ3n) is 3.37. The van der Waals surface area contributed by atoms with Crippen LogP contribution in [-0.4, -0.2) is 20.9 Å². The van der Waals surface area contributed by atoms with Crippen LogP contribution < -0.4 is 10.5 Å². The summed E-state index contributed by atoms with van der Waals surface area (Å²) in [4.78, 5) is 11.9. The predicted molar refractivity (Wildman–Crippen MR) is 76.6 cm³/mol. The third-order valence-corrected chi connectivity index (χ3v) is 4.30. The molecule has 1 aliphatic carbocycles. The fourth-order valence-electron chi connectivity index (χ4n) is 2.18. The van der Waals surface area contributed by atoms with Gasteiger partial charge in [-0.15, -0.1) is 0 Å². The Hall–Kier alpha value is -1.66. The summed E-state index contributed by atoms with van der Waals surface area (Å²) in [7, 11) is -3.71. The van der Waals surface area contributed by atoms with Crippen LogP contribution in [0.5, 0.6) is 0 Å². The molecule has 1 unspecified atom stereocenters. The van der Waals surface area contributed by atoms with Crippen molar-refractivity contribution in [2.45, 2.75) is 24.2 Å². The molecule has 1 aromatic rings. The highest BCUT2D eigenvalue weighted by Crippen LogP contribution is 2.17. The Morgan fingerprint density at radius 1 is 1.25 bits per heavy atom. The van der Waals surface area contributed by atoms with Crippen LogP contribution in [0, 0.1) is 5.92 Å². The van der Waals surface area contributed by atoms with E-state index in [4.69, 9.17) is 5.14 Å². The van der Waals surface area contributed by atoms with Gasteiger partial charge in [0, 0.05) is 12.1 Å². The lowest BCUT2D eigenvalue weighted by atomic mass is 9.94. The topological polar surface area (TPSA) is 89.3 Å². The lowest BCUT2D eigenvalue weighted by molar-refractivity contribution is 0.0946. The first-order chi connectivity index (χ1) is 9.47. The summed E-state index contributed by atoms with van der Waals surface area (Å²) >= 11 is 0. The highest BCUT2D eigenvalue weighted by Gasteiger charge is 2.13. The van der Waals surface area contributed by atoms with Gasteiger partial charge in [0.05, 0.1) is 4.90 Å². The summed E-state index contributed by atoms with van der Waals surface area (Å²) in [6, 6.07) is 5.62. The first-order valence-electron chi connectivity index (χ1n) is 6.53. The Morgan fingerprint density at radius 2 is 1.95 bits per heavy atom. The predicted octanol–water partition coefficient (Wildman–Crippen LogP) is 1.42. The number of sulfonamides is 1. The van der Waals surface area contributed by atoms with E-state index in [1.807, 2.05) is 0 Å². The molecule has 108 valence electrons. The zero-order valence-corrected chi connectivity index (χ0v) is 11.9. The monoisotopic (exact) mass is 294 g/mol. The van der Waals surface area contributed by atoms with E-state index >= 15 is 0 Å². The second kappa shape index (κ2) is 6.19. The van der Waals surface area contributed by atoms with Crippen molar-refractivity contribution in [1.29, 1.82) is 0 Å². The number of nitrogens with two attached hydrogens (primary N) is 1. The van der Waals surface area contributed by atoms with Crippen LogP contribution in [0.4, 0.5) is 0 Å². The molecule has 0 heterocycles. The molecule has 5 nitrogen and oxygen atoms in total. The second-order valence-electron chi connectivity index (χ2n) is 4.93. The SMILES string of the molecule is NS(=O)(=O)c1ccc(C(=O)NCC2CC=CCC2)cc1. The van der Waals surface area contributed by atoms with E-state index in [-0.39, 0.29) is 10.8 Å². The van der Waals surface area contributed by atoms with E-state index in [0.717, 1.165) is 19.3 Å². The minimum atomic E-state index is -3.71. The Labute approximate surface area is 118 Å². The summed E-state index contributed by atoms with van der Waals surface area (Å²) < 4.78 is 22.2. The van der Waals surface area contributed by atoms with Crippen LogP contribution in [0.1, 0.15) is 29.6 Å². The molecule has 0 aliphatic heterocycles. The molecule has 3 N–H and O–H groups in total. The largest absolute Gasteiger partial charge is 0.352 e. The Balaban J connectivity index is 1.94. The normalized spacial score (nSPS) is 18.8. The maximum atomic E-state index is 11.9. The highest BCUT2D eigenvalue weighted by molar-refractivity contribution is 7.89. The fourth-order valence-corrected chi connectivity index (χ4v) is 2.69. The van der Waals surface area contributed by atoms with Crippen LogP contribution >= 0.6 is 0 Å². The van der Waals surface area contributed by atoms with Gasteiger partial charge in [-0.3, -0.25) is 4.79 Å². The number of benzene rings is 1. The van der Waals surface area contributed by atoms with Crippen molar-refractivity contribution in [2.24, 2.45) is 11.1 Å². The number of allylic oxidation sites excluding steroid dienone is 2. The van der Waals surface area contributed by atoms with Crippen molar-refractivity contribution < 1.29 is 13.2 Å². The van der Waals surface area contributed by atoms with Crippen molar-refractivity contribution in [2.75, 3.05) is 6.54 Å². The maximum absolute atomic E-state index is 11.9. The van der Waals surface area contributed by atoms with Gasteiger partial charge < -0.3 is 5.32 Å². The molecule has 1 aliphatic rings. The maximum Gasteiger partial charge on any atom is 0.251 e. The van der Waals surface area contributed by atoms with Crippen molar-refractivity contribution in [3.05, 3.63) is 42.0 Å². The van der Waals surface area contributed by atoms with Gasteiger partial charge in [0.25, 0.3) is 5.91 Å². The number of carbonyl (C=O) groups is 1. The van der Waals surface area contributed by atoms with Gasteiger partial charge in [-0.2, -0.15) is 0 Å². The van der Waals surface area contributed by atoms with Crippen LogP contribution in [0.25, 0.3) is 0 Å². The molecule has 0 saturated heterocycles. The average Bonchev–Trinajstić information content (AvgIpc) is 2.45. The number of hydrogen-bond donors (Lipinski definition) is 2. The molecule has 1 atom stereocenters. The van der Waals surface area contributed by atoms with Crippen LogP contribution in [0.3, 0.4) is 0 Å². The smallest absolute Gasteiger partial charge is 0.251 e. The van der Waals surface area contributed by atoms with Crippen LogP contribution in [-0.2, 0) is 10.0 Å². The molecule has 1 aromatic carbocycles. The van der Waals surface area contributed by atoms with Crippen molar-refractivity contribution in [3.8, 4) is 0 Å². The van der Waals surface area contributed by atoms with Gasteiger partial charge in [0.2, 0.25) is 10.0 Å². The standard InChI is InChI=1S/C14H18N2O3S/c15-20(18,19)13-8-6-12(7-9-13)14(17)16-10-11-4-2-1-3-5-11/h1-2,6-9,11H,3-5,10H2,(H,16,17)(H2,15,18,19). The molecule has 1 amide bonds. The van der Waals surface area contributed by atoms with Crippen molar-refractivity contribution in [3.63, 3.8) is 0 Å². The molecule has 0 saturated carbocycles. The van der Waals surface area contributed by atoms with Gasteiger partial charge >= 0.3 is 0 Å². The van der Waals surface area contributed by atoms with E-state index in [1.54, 1.807) is 0 Å². The quantitative estimate of drug-likeness (QED) is 0.823. The molecule has 0 aromatic heterocycles. The lowest BCUT2D eigenvalue weighted by Crippen LogP contribution is -2.29. The Kier molecular flexibility index (Phi) is 4.57. The number of hydrogen-bond acceptors (Lipinski definition) is 3. The average molecular weight is 294 g/mol. The van der Waals surface area contributed by atoms with Gasteiger partial charge in [-0.1, -0.05) is 12.2 Å². The minimum Gasteiger partial charge on any atom is -0.352 e. The molecule has 0 spiro atoms. The third kappa shape index (κ3) is 3.91. The van der Waals surface area contributed by atoms with Crippen LogP contribution in [0.2, 0.25) is 0 Å². The highest BCUT2D eigenvalue weighted by atomic mass is 32.2. The molecule has 20 heavy (non-hydrogen) atoms.